The van der Waals surface area contributed by atoms with Crippen molar-refractivity contribution in [2.75, 3.05) is 0 Å². The molecule has 29 heavy (non-hydrogen) atoms. The molecule has 5 nitrogen and oxygen atoms in total. The summed E-state index contributed by atoms with van der Waals surface area (Å²) in [6.07, 6.45) is -4.45. The molecule has 0 fully saturated rings. The average molecular weight is 486 g/mol. The molecule has 0 amide bonds. The molecule has 3 rings (SSSR count). The SMILES string of the molecule is Cc1nn(-c2ccc(C(F)(F)F)cc2)nc1CSc1ccc(CC(=O)O)c(Br)c1. The number of carboxylic acids is 1. The lowest BCUT2D eigenvalue weighted by Gasteiger charge is -2.07. The topological polar surface area (TPSA) is 68.0 Å². The first kappa shape index (κ1) is 21.4. The molecular formula is C19H15BrF3N3O2S. The predicted octanol–water partition coefficient (Wildman–Crippen LogP) is 5.28. The molecule has 0 unspecified atom stereocenters. The Hall–Kier alpha value is -2.33. The molecular weight excluding hydrogens is 471 g/mol. The summed E-state index contributed by atoms with van der Waals surface area (Å²) in [5.74, 6) is -0.390. The molecule has 0 spiro atoms. The molecule has 0 saturated heterocycles. The molecule has 0 bridgehead atoms. The largest absolute Gasteiger partial charge is 0.481 e. The lowest BCUT2D eigenvalue weighted by Crippen LogP contribution is -2.06. The monoisotopic (exact) mass is 485 g/mol. The Kier molecular flexibility index (Phi) is 6.33. The number of alkyl halides is 3. The van der Waals surface area contributed by atoms with Crippen LogP contribution in [0.4, 0.5) is 13.2 Å². The number of aryl methyl sites for hydroxylation is 1. The second-order valence-corrected chi connectivity index (χ2v) is 8.08. The van der Waals surface area contributed by atoms with E-state index < -0.39 is 17.7 Å². The minimum absolute atomic E-state index is 0.0634. The van der Waals surface area contributed by atoms with Crippen LogP contribution in [0.5, 0.6) is 0 Å². The quantitative estimate of drug-likeness (QED) is 0.481. The van der Waals surface area contributed by atoms with E-state index in [2.05, 4.69) is 26.1 Å². The van der Waals surface area contributed by atoms with Gasteiger partial charge in [-0.2, -0.15) is 28.2 Å². The fourth-order valence-electron chi connectivity index (χ4n) is 2.52. The van der Waals surface area contributed by atoms with Gasteiger partial charge in [0.25, 0.3) is 0 Å². The van der Waals surface area contributed by atoms with Gasteiger partial charge < -0.3 is 5.11 Å². The third kappa shape index (κ3) is 5.39. The van der Waals surface area contributed by atoms with Gasteiger partial charge in [-0.1, -0.05) is 22.0 Å². The predicted molar refractivity (Wildman–Crippen MR) is 106 cm³/mol. The zero-order valence-corrected chi connectivity index (χ0v) is 17.5. The van der Waals surface area contributed by atoms with E-state index in [9.17, 15) is 18.0 Å². The number of benzene rings is 2. The van der Waals surface area contributed by atoms with Crippen LogP contribution in [0.1, 0.15) is 22.5 Å². The highest BCUT2D eigenvalue weighted by Gasteiger charge is 2.30. The Morgan fingerprint density at radius 2 is 1.86 bits per heavy atom. The van der Waals surface area contributed by atoms with E-state index in [1.807, 2.05) is 12.1 Å². The standard InChI is InChI=1S/C19H15BrF3N3O2S/c1-11-17(10-29-15-7-2-12(8-18(27)28)16(20)9-15)25-26(24-11)14-5-3-13(4-6-14)19(21,22)23/h2-7,9H,8,10H2,1H3,(H,27,28). The van der Waals surface area contributed by atoms with Crippen LogP contribution in [0, 0.1) is 6.92 Å². The third-order valence-electron chi connectivity index (χ3n) is 4.05. The van der Waals surface area contributed by atoms with Gasteiger partial charge in [0.05, 0.1) is 29.1 Å². The van der Waals surface area contributed by atoms with Gasteiger partial charge in [0, 0.05) is 15.1 Å². The normalized spacial score (nSPS) is 11.6. The van der Waals surface area contributed by atoms with Crippen LogP contribution in [-0.4, -0.2) is 26.1 Å². The smallest absolute Gasteiger partial charge is 0.416 e. The van der Waals surface area contributed by atoms with Crippen LogP contribution >= 0.6 is 27.7 Å². The summed E-state index contributed by atoms with van der Waals surface area (Å²) in [4.78, 5) is 13.1. The van der Waals surface area contributed by atoms with E-state index in [0.29, 0.717) is 28.4 Å². The molecule has 3 aromatic rings. The van der Waals surface area contributed by atoms with Crippen LogP contribution in [0.3, 0.4) is 0 Å². The number of hydrogen-bond acceptors (Lipinski definition) is 4. The molecule has 1 heterocycles. The minimum atomic E-state index is -4.39. The second kappa shape index (κ2) is 8.58. The summed E-state index contributed by atoms with van der Waals surface area (Å²) in [6.45, 7) is 1.79. The summed E-state index contributed by atoms with van der Waals surface area (Å²) >= 11 is 4.88. The fraction of sp³-hybridized carbons (Fsp3) is 0.211. The molecule has 2 aromatic carbocycles. The first-order valence-electron chi connectivity index (χ1n) is 8.37. The number of rotatable bonds is 6. The van der Waals surface area contributed by atoms with E-state index in [1.165, 1.54) is 28.7 Å². The van der Waals surface area contributed by atoms with Crippen molar-refractivity contribution in [1.29, 1.82) is 0 Å². The van der Waals surface area contributed by atoms with Gasteiger partial charge in [0.15, 0.2) is 0 Å². The summed E-state index contributed by atoms with van der Waals surface area (Å²) in [5.41, 5.74) is 1.79. The zero-order chi connectivity index (χ0) is 21.2. The maximum atomic E-state index is 12.7. The maximum Gasteiger partial charge on any atom is 0.416 e. The molecule has 0 saturated carbocycles. The summed E-state index contributed by atoms with van der Waals surface area (Å²) in [6, 6.07) is 10.1. The first-order valence-corrected chi connectivity index (χ1v) is 10.1. The van der Waals surface area contributed by atoms with Gasteiger partial charge in [-0.3, -0.25) is 4.79 Å². The number of hydrogen-bond donors (Lipinski definition) is 1. The van der Waals surface area contributed by atoms with Crippen molar-refractivity contribution in [3.8, 4) is 5.69 Å². The van der Waals surface area contributed by atoms with Crippen molar-refractivity contribution in [2.45, 2.75) is 30.2 Å². The van der Waals surface area contributed by atoms with Gasteiger partial charge in [-0.15, -0.1) is 11.8 Å². The number of aromatic nitrogens is 3. The lowest BCUT2D eigenvalue weighted by atomic mass is 10.2. The first-order chi connectivity index (χ1) is 13.6. The Labute approximate surface area is 177 Å². The van der Waals surface area contributed by atoms with Crippen LogP contribution < -0.4 is 0 Å². The van der Waals surface area contributed by atoms with E-state index in [-0.39, 0.29) is 6.42 Å². The van der Waals surface area contributed by atoms with E-state index in [4.69, 9.17) is 5.11 Å². The number of aliphatic carboxylic acids is 1. The summed E-state index contributed by atoms with van der Waals surface area (Å²) in [7, 11) is 0. The van der Waals surface area contributed by atoms with Crippen LogP contribution in [-0.2, 0) is 23.1 Å². The van der Waals surface area contributed by atoms with E-state index in [1.54, 1.807) is 13.0 Å². The van der Waals surface area contributed by atoms with E-state index in [0.717, 1.165) is 21.5 Å². The number of thioether (sulfide) groups is 1. The highest BCUT2D eigenvalue weighted by Crippen LogP contribution is 2.30. The number of nitrogens with zero attached hydrogens (tertiary/aromatic N) is 3. The Balaban J connectivity index is 1.71. The summed E-state index contributed by atoms with van der Waals surface area (Å²) in [5, 5.41) is 17.6. The van der Waals surface area contributed by atoms with Crippen LogP contribution in [0.25, 0.3) is 5.69 Å². The zero-order valence-electron chi connectivity index (χ0n) is 15.1. The molecule has 152 valence electrons. The highest BCUT2D eigenvalue weighted by molar-refractivity contribution is 9.10. The highest BCUT2D eigenvalue weighted by atomic mass is 79.9. The molecule has 0 aliphatic heterocycles. The molecule has 0 radical (unpaired) electrons. The van der Waals surface area contributed by atoms with Crippen molar-refractivity contribution in [1.82, 2.24) is 15.0 Å². The van der Waals surface area contributed by atoms with Crippen LogP contribution in [0.15, 0.2) is 51.8 Å². The summed E-state index contributed by atoms with van der Waals surface area (Å²) < 4.78 is 38.8. The molecule has 1 N–H and O–H groups in total. The average Bonchev–Trinajstić information content (AvgIpc) is 3.02. The van der Waals surface area contributed by atoms with Crippen molar-refractivity contribution < 1.29 is 23.1 Å². The van der Waals surface area contributed by atoms with Crippen molar-refractivity contribution in [2.24, 2.45) is 0 Å². The van der Waals surface area contributed by atoms with E-state index >= 15 is 0 Å². The molecule has 1 aromatic heterocycles. The second-order valence-electron chi connectivity index (χ2n) is 6.18. The number of carboxylic acid groups (broad SMARTS) is 1. The van der Waals surface area contributed by atoms with Crippen LogP contribution in [0.2, 0.25) is 0 Å². The molecule has 0 aliphatic carbocycles. The van der Waals surface area contributed by atoms with Crippen molar-refractivity contribution in [3.05, 3.63) is 69.5 Å². The third-order valence-corrected chi connectivity index (χ3v) is 5.79. The Morgan fingerprint density at radius 1 is 1.17 bits per heavy atom. The Morgan fingerprint density at radius 3 is 2.45 bits per heavy atom. The van der Waals surface area contributed by atoms with Gasteiger partial charge in [0.2, 0.25) is 0 Å². The number of halogens is 4. The van der Waals surface area contributed by atoms with Crippen molar-refractivity contribution in [3.63, 3.8) is 0 Å². The molecule has 0 aliphatic rings. The molecule has 0 atom stereocenters. The fourth-order valence-corrected chi connectivity index (χ4v) is 4.12. The van der Waals surface area contributed by atoms with Gasteiger partial charge >= 0.3 is 12.1 Å². The van der Waals surface area contributed by atoms with Gasteiger partial charge in [0.1, 0.15) is 0 Å². The van der Waals surface area contributed by atoms with Crippen molar-refractivity contribution >= 4 is 33.7 Å². The lowest BCUT2D eigenvalue weighted by molar-refractivity contribution is -0.138. The maximum absolute atomic E-state index is 12.7. The van der Waals surface area contributed by atoms with Gasteiger partial charge in [-0.05, 0) is 48.9 Å². The number of carbonyl (C=O) groups is 1. The molecule has 10 heteroatoms. The minimum Gasteiger partial charge on any atom is -0.481 e. The Bertz CT molecular complexity index is 1040. The van der Waals surface area contributed by atoms with Gasteiger partial charge in [-0.25, -0.2) is 0 Å².